The minimum absolute atomic E-state index is 0.295. The maximum atomic E-state index is 11.1. The Kier molecular flexibility index (Phi) is 7.11. The van der Waals surface area contributed by atoms with Crippen LogP contribution >= 0.6 is 0 Å². The average molecular weight is 200 g/mol. The van der Waals surface area contributed by atoms with Crippen LogP contribution in [0.15, 0.2) is 11.6 Å². The molecule has 1 N–H and O–H groups in total. The number of esters is 1. The summed E-state index contributed by atoms with van der Waals surface area (Å²) in [6.45, 7) is 5.82. The number of allylic oxidation sites excluding steroid dienone is 1. The Balaban J connectivity index is 3.59. The van der Waals surface area contributed by atoms with Gasteiger partial charge in [0.1, 0.15) is 0 Å². The zero-order chi connectivity index (χ0) is 11.0. The fourth-order valence-corrected chi connectivity index (χ4v) is 0.997. The van der Waals surface area contributed by atoms with Crippen molar-refractivity contribution in [3.8, 4) is 0 Å². The highest BCUT2D eigenvalue weighted by Gasteiger charge is 2.06. The van der Waals surface area contributed by atoms with Crippen LogP contribution in [0.3, 0.4) is 0 Å². The lowest BCUT2D eigenvalue weighted by Crippen LogP contribution is -2.13. The third kappa shape index (κ3) is 5.75. The van der Waals surface area contributed by atoms with Crippen molar-refractivity contribution in [1.82, 2.24) is 0 Å². The van der Waals surface area contributed by atoms with Crippen LogP contribution in [0.2, 0.25) is 0 Å². The highest BCUT2D eigenvalue weighted by Crippen LogP contribution is 2.03. The molecule has 0 fully saturated rings. The van der Waals surface area contributed by atoms with Crippen molar-refractivity contribution >= 4 is 5.97 Å². The van der Waals surface area contributed by atoms with Gasteiger partial charge < -0.3 is 9.84 Å². The van der Waals surface area contributed by atoms with E-state index in [-0.39, 0.29) is 12.1 Å². The second-order valence-electron chi connectivity index (χ2n) is 3.34. The van der Waals surface area contributed by atoms with Gasteiger partial charge in [-0.2, -0.15) is 0 Å². The Morgan fingerprint density at radius 1 is 1.50 bits per heavy atom. The summed E-state index contributed by atoms with van der Waals surface area (Å²) < 4.78 is 4.94. The molecule has 0 saturated carbocycles. The van der Waals surface area contributed by atoms with E-state index in [4.69, 9.17) is 4.74 Å². The monoisotopic (exact) mass is 200 g/mol. The Hall–Kier alpha value is -0.830. The van der Waals surface area contributed by atoms with Gasteiger partial charge in [-0.05, 0) is 20.3 Å². The molecule has 0 aromatic heterocycles. The quantitative estimate of drug-likeness (QED) is 0.527. The van der Waals surface area contributed by atoms with Crippen molar-refractivity contribution < 1.29 is 14.6 Å². The van der Waals surface area contributed by atoms with E-state index < -0.39 is 0 Å². The molecule has 0 radical (unpaired) electrons. The average Bonchev–Trinajstić information content (AvgIpc) is 2.16. The molecule has 1 atom stereocenters. The van der Waals surface area contributed by atoms with Crippen LogP contribution in [-0.4, -0.2) is 23.8 Å². The number of ether oxygens (including phenoxy) is 1. The number of carbonyl (C=O) groups is 1. The van der Waals surface area contributed by atoms with E-state index in [9.17, 15) is 9.90 Å². The minimum Gasteiger partial charge on any atom is -0.462 e. The summed E-state index contributed by atoms with van der Waals surface area (Å²) >= 11 is 0. The first-order valence-electron chi connectivity index (χ1n) is 5.09. The molecule has 0 heterocycles. The van der Waals surface area contributed by atoms with Gasteiger partial charge in [-0.3, -0.25) is 0 Å². The van der Waals surface area contributed by atoms with Crippen LogP contribution < -0.4 is 0 Å². The normalized spacial score (nSPS) is 13.9. The Morgan fingerprint density at radius 3 is 2.64 bits per heavy atom. The first-order chi connectivity index (χ1) is 6.61. The van der Waals surface area contributed by atoms with Gasteiger partial charge in [-0.15, -0.1) is 0 Å². The third-order valence-electron chi connectivity index (χ3n) is 2.06. The van der Waals surface area contributed by atoms with E-state index in [2.05, 4.69) is 0 Å². The number of aliphatic hydroxyl groups excluding tert-OH is 1. The number of hydrogen-bond acceptors (Lipinski definition) is 3. The summed E-state index contributed by atoms with van der Waals surface area (Å²) in [5.74, 6) is -0.295. The molecule has 0 aromatic rings. The molecule has 3 nitrogen and oxygen atoms in total. The molecule has 3 heteroatoms. The van der Waals surface area contributed by atoms with E-state index in [0.717, 1.165) is 12.8 Å². The molecule has 0 aliphatic rings. The van der Waals surface area contributed by atoms with E-state index >= 15 is 0 Å². The standard InChI is InChI=1S/C11H20O3/c1-4-6-10(12)7-8-14-11(13)9(3)5-2/h5,10,12H,4,6-8H2,1-3H3/b9-5+. The topological polar surface area (TPSA) is 46.5 Å². The number of hydrogen-bond donors (Lipinski definition) is 1. The van der Waals surface area contributed by atoms with Crippen LogP contribution in [0.5, 0.6) is 0 Å². The lowest BCUT2D eigenvalue weighted by molar-refractivity contribution is -0.139. The van der Waals surface area contributed by atoms with Crippen LogP contribution in [0, 0.1) is 0 Å². The molecule has 0 spiro atoms. The van der Waals surface area contributed by atoms with E-state index in [0.29, 0.717) is 18.6 Å². The fourth-order valence-electron chi connectivity index (χ4n) is 0.997. The van der Waals surface area contributed by atoms with Crippen molar-refractivity contribution in [3.05, 3.63) is 11.6 Å². The molecular formula is C11H20O3. The number of aliphatic hydroxyl groups is 1. The van der Waals surface area contributed by atoms with Gasteiger partial charge in [-0.25, -0.2) is 4.79 Å². The fraction of sp³-hybridized carbons (Fsp3) is 0.727. The molecule has 1 unspecified atom stereocenters. The van der Waals surface area contributed by atoms with Crippen LogP contribution in [0.25, 0.3) is 0 Å². The third-order valence-corrected chi connectivity index (χ3v) is 2.06. The van der Waals surface area contributed by atoms with Crippen molar-refractivity contribution in [2.24, 2.45) is 0 Å². The summed E-state index contributed by atoms with van der Waals surface area (Å²) in [6.07, 6.45) is 3.60. The van der Waals surface area contributed by atoms with E-state index in [1.807, 2.05) is 6.92 Å². The SMILES string of the molecule is C/C=C(\C)C(=O)OCCC(O)CCC. The molecule has 0 aliphatic carbocycles. The molecule has 0 aromatic carbocycles. The molecule has 14 heavy (non-hydrogen) atoms. The highest BCUT2D eigenvalue weighted by atomic mass is 16.5. The second kappa shape index (κ2) is 7.56. The predicted octanol–water partition coefficient (Wildman–Crippen LogP) is 2.05. The lowest BCUT2D eigenvalue weighted by Gasteiger charge is -2.09. The van der Waals surface area contributed by atoms with E-state index in [1.54, 1.807) is 19.9 Å². The van der Waals surface area contributed by atoms with Crippen molar-refractivity contribution in [1.29, 1.82) is 0 Å². The number of rotatable bonds is 6. The molecule has 0 aliphatic heterocycles. The summed E-state index contributed by atoms with van der Waals surface area (Å²) in [7, 11) is 0. The molecule has 82 valence electrons. The van der Waals surface area contributed by atoms with Gasteiger partial charge in [-0.1, -0.05) is 19.4 Å². The van der Waals surface area contributed by atoms with Crippen molar-refractivity contribution in [3.63, 3.8) is 0 Å². The van der Waals surface area contributed by atoms with Crippen molar-refractivity contribution in [2.45, 2.75) is 46.1 Å². The summed E-state index contributed by atoms with van der Waals surface area (Å²) in [5, 5.41) is 9.35. The summed E-state index contributed by atoms with van der Waals surface area (Å²) in [6, 6.07) is 0. The smallest absolute Gasteiger partial charge is 0.333 e. The zero-order valence-electron chi connectivity index (χ0n) is 9.25. The highest BCUT2D eigenvalue weighted by molar-refractivity contribution is 5.87. The molecule has 0 bridgehead atoms. The number of carbonyl (C=O) groups excluding carboxylic acids is 1. The maximum absolute atomic E-state index is 11.1. The minimum atomic E-state index is -0.348. The Bertz CT molecular complexity index is 197. The summed E-state index contributed by atoms with van der Waals surface area (Å²) in [5.41, 5.74) is 0.606. The van der Waals surface area contributed by atoms with E-state index in [1.165, 1.54) is 0 Å². The molecule has 0 amide bonds. The lowest BCUT2D eigenvalue weighted by atomic mass is 10.1. The van der Waals surface area contributed by atoms with Gasteiger partial charge in [0.2, 0.25) is 0 Å². The molecule has 0 rings (SSSR count). The molecule has 0 saturated heterocycles. The summed E-state index contributed by atoms with van der Waals surface area (Å²) in [4.78, 5) is 11.1. The zero-order valence-corrected chi connectivity index (χ0v) is 9.25. The van der Waals surface area contributed by atoms with Crippen LogP contribution in [0.4, 0.5) is 0 Å². The van der Waals surface area contributed by atoms with Gasteiger partial charge >= 0.3 is 5.97 Å². The Morgan fingerprint density at radius 2 is 2.14 bits per heavy atom. The first-order valence-corrected chi connectivity index (χ1v) is 5.09. The maximum Gasteiger partial charge on any atom is 0.333 e. The van der Waals surface area contributed by atoms with Crippen molar-refractivity contribution in [2.75, 3.05) is 6.61 Å². The largest absolute Gasteiger partial charge is 0.462 e. The second-order valence-corrected chi connectivity index (χ2v) is 3.34. The predicted molar refractivity (Wildman–Crippen MR) is 55.9 cm³/mol. The molecular weight excluding hydrogens is 180 g/mol. The van der Waals surface area contributed by atoms with Gasteiger partial charge in [0.05, 0.1) is 12.7 Å². The van der Waals surface area contributed by atoms with Gasteiger partial charge in [0.25, 0.3) is 0 Å². The van der Waals surface area contributed by atoms with Gasteiger partial charge in [0, 0.05) is 12.0 Å². The van der Waals surface area contributed by atoms with Crippen LogP contribution in [0.1, 0.15) is 40.0 Å². The Labute approximate surface area is 85.8 Å². The van der Waals surface area contributed by atoms with Crippen LogP contribution in [-0.2, 0) is 9.53 Å². The van der Waals surface area contributed by atoms with Gasteiger partial charge in [0.15, 0.2) is 0 Å². The first kappa shape index (κ1) is 13.2.